The zero-order valence-electron chi connectivity index (χ0n) is 8.92. The zero-order chi connectivity index (χ0) is 9.84. The Balaban J connectivity index is 2.57. The largest absolute Gasteiger partial charge is 0.327 e. The van der Waals surface area contributed by atoms with Gasteiger partial charge >= 0.3 is 0 Å². The number of carbonyl (C=O) groups is 1. The number of hydrogen-bond donors (Lipinski definition) is 0. The number of rotatable bonds is 4. The van der Waals surface area contributed by atoms with Crippen LogP contribution in [0.4, 0.5) is 0 Å². The van der Waals surface area contributed by atoms with Crippen molar-refractivity contribution in [2.75, 3.05) is 20.6 Å². The Bertz CT molecular complexity index is 180. The Morgan fingerprint density at radius 1 is 1.54 bits per heavy atom. The highest BCUT2D eigenvalue weighted by atomic mass is 16.2. The highest BCUT2D eigenvalue weighted by Gasteiger charge is 2.28. The van der Waals surface area contributed by atoms with Gasteiger partial charge in [-0.3, -0.25) is 9.69 Å². The molecule has 76 valence electrons. The molecular weight excluding hydrogens is 164 g/mol. The minimum atomic E-state index is 0.319. The lowest BCUT2D eigenvalue weighted by molar-refractivity contribution is -0.132. The van der Waals surface area contributed by atoms with Crippen molar-refractivity contribution in [3.8, 4) is 0 Å². The fourth-order valence-electron chi connectivity index (χ4n) is 1.94. The Labute approximate surface area is 80.7 Å². The van der Waals surface area contributed by atoms with E-state index < -0.39 is 0 Å². The maximum absolute atomic E-state index is 11.5. The fraction of sp³-hybridized carbons (Fsp3) is 0.900. The van der Waals surface area contributed by atoms with Gasteiger partial charge in [-0.25, -0.2) is 0 Å². The van der Waals surface area contributed by atoms with Gasteiger partial charge < -0.3 is 4.90 Å². The summed E-state index contributed by atoms with van der Waals surface area (Å²) in [7, 11) is 4.10. The minimum Gasteiger partial charge on any atom is -0.327 e. The first-order valence-corrected chi connectivity index (χ1v) is 5.12. The number of likely N-dealkylation sites (tertiary alicyclic amines) is 1. The smallest absolute Gasteiger partial charge is 0.223 e. The molecule has 1 aliphatic rings. The highest BCUT2D eigenvalue weighted by molar-refractivity contribution is 5.78. The van der Waals surface area contributed by atoms with Crippen LogP contribution in [0, 0.1) is 0 Å². The first-order valence-electron chi connectivity index (χ1n) is 5.12. The van der Waals surface area contributed by atoms with E-state index in [9.17, 15) is 4.79 Å². The van der Waals surface area contributed by atoms with Gasteiger partial charge in [0.15, 0.2) is 0 Å². The van der Waals surface area contributed by atoms with Gasteiger partial charge in [0.25, 0.3) is 0 Å². The van der Waals surface area contributed by atoms with Crippen molar-refractivity contribution in [1.29, 1.82) is 0 Å². The molecule has 1 aliphatic heterocycles. The van der Waals surface area contributed by atoms with Crippen molar-refractivity contribution >= 4 is 5.91 Å². The molecule has 1 unspecified atom stereocenters. The molecule has 1 saturated heterocycles. The van der Waals surface area contributed by atoms with Gasteiger partial charge in [0.05, 0.1) is 6.17 Å². The second-order valence-corrected chi connectivity index (χ2v) is 3.92. The van der Waals surface area contributed by atoms with Gasteiger partial charge in [-0.1, -0.05) is 13.3 Å². The van der Waals surface area contributed by atoms with Crippen LogP contribution in [0.2, 0.25) is 0 Å². The standard InChI is InChI=1S/C10H20N2O/c1-4-6-9(11(2)3)12-8-5-7-10(12)13/h9H,4-8H2,1-3H3. The maximum Gasteiger partial charge on any atom is 0.223 e. The summed E-state index contributed by atoms with van der Waals surface area (Å²) in [5, 5.41) is 0. The normalized spacial score (nSPS) is 20.0. The number of hydrogen-bond acceptors (Lipinski definition) is 2. The summed E-state index contributed by atoms with van der Waals surface area (Å²) in [6.07, 6.45) is 4.31. The third kappa shape index (κ3) is 2.44. The second-order valence-electron chi connectivity index (χ2n) is 3.92. The Morgan fingerprint density at radius 2 is 2.23 bits per heavy atom. The first-order chi connectivity index (χ1) is 6.16. The third-order valence-corrected chi connectivity index (χ3v) is 2.61. The molecule has 1 rings (SSSR count). The molecule has 13 heavy (non-hydrogen) atoms. The molecule has 0 aromatic heterocycles. The van der Waals surface area contributed by atoms with Gasteiger partial charge in [-0.2, -0.15) is 0 Å². The van der Waals surface area contributed by atoms with Crippen LogP contribution in [-0.2, 0) is 4.79 Å². The van der Waals surface area contributed by atoms with Crippen LogP contribution in [0.1, 0.15) is 32.6 Å². The van der Waals surface area contributed by atoms with Crippen LogP contribution in [0.25, 0.3) is 0 Å². The van der Waals surface area contributed by atoms with Crippen LogP contribution in [-0.4, -0.2) is 42.5 Å². The Morgan fingerprint density at radius 3 is 2.62 bits per heavy atom. The van der Waals surface area contributed by atoms with Gasteiger partial charge in [0.2, 0.25) is 5.91 Å². The monoisotopic (exact) mass is 184 g/mol. The van der Waals surface area contributed by atoms with Crippen molar-refractivity contribution in [3.63, 3.8) is 0 Å². The van der Waals surface area contributed by atoms with Crippen LogP contribution in [0.15, 0.2) is 0 Å². The molecule has 0 saturated carbocycles. The summed E-state index contributed by atoms with van der Waals surface area (Å²) in [5.41, 5.74) is 0. The summed E-state index contributed by atoms with van der Waals surface area (Å²) >= 11 is 0. The van der Waals surface area contributed by atoms with Gasteiger partial charge in [-0.05, 0) is 26.9 Å². The summed E-state index contributed by atoms with van der Waals surface area (Å²) in [6.45, 7) is 3.11. The van der Waals surface area contributed by atoms with Crippen molar-refractivity contribution < 1.29 is 4.79 Å². The molecule has 1 amide bonds. The summed E-state index contributed by atoms with van der Waals surface area (Å²) in [6, 6.07) is 0. The molecule has 1 atom stereocenters. The van der Waals surface area contributed by atoms with Gasteiger partial charge in [0, 0.05) is 13.0 Å². The molecule has 0 bridgehead atoms. The SMILES string of the molecule is CCCC(N(C)C)N1CCCC1=O. The second kappa shape index (κ2) is 4.61. The van der Waals surface area contributed by atoms with Crippen molar-refractivity contribution in [2.45, 2.75) is 38.8 Å². The van der Waals surface area contributed by atoms with E-state index in [0.29, 0.717) is 12.1 Å². The van der Waals surface area contributed by atoms with E-state index in [1.165, 1.54) is 0 Å². The Hall–Kier alpha value is -0.570. The molecule has 0 aliphatic carbocycles. The van der Waals surface area contributed by atoms with E-state index in [2.05, 4.69) is 11.8 Å². The maximum atomic E-state index is 11.5. The van der Waals surface area contributed by atoms with E-state index in [0.717, 1.165) is 32.2 Å². The summed E-state index contributed by atoms with van der Waals surface area (Å²) in [5.74, 6) is 0.326. The molecule has 0 spiro atoms. The lowest BCUT2D eigenvalue weighted by Crippen LogP contribution is -2.45. The molecule has 3 nitrogen and oxygen atoms in total. The number of amides is 1. The van der Waals surface area contributed by atoms with Crippen LogP contribution >= 0.6 is 0 Å². The Kier molecular flexibility index (Phi) is 3.72. The summed E-state index contributed by atoms with van der Waals surface area (Å²) < 4.78 is 0. The highest BCUT2D eigenvalue weighted by Crippen LogP contribution is 2.17. The van der Waals surface area contributed by atoms with Crippen LogP contribution in [0.5, 0.6) is 0 Å². The minimum absolute atomic E-state index is 0.319. The van der Waals surface area contributed by atoms with Crippen LogP contribution < -0.4 is 0 Å². The lowest BCUT2D eigenvalue weighted by atomic mass is 10.2. The summed E-state index contributed by atoms with van der Waals surface area (Å²) in [4.78, 5) is 15.7. The van der Waals surface area contributed by atoms with Gasteiger partial charge in [-0.15, -0.1) is 0 Å². The molecular formula is C10H20N2O. The fourth-order valence-corrected chi connectivity index (χ4v) is 1.94. The number of carbonyl (C=O) groups excluding carboxylic acids is 1. The molecule has 0 N–H and O–H groups in total. The van der Waals surface area contributed by atoms with Gasteiger partial charge in [0.1, 0.15) is 0 Å². The zero-order valence-corrected chi connectivity index (χ0v) is 8.92. The van der Waals surface area contributed by atoms with E-state index in [1.807, 2.05) is 19.0 Å². The van der Waals surface area contributed by atoms with E-state index in [-0.39, 0.29) is 0 Å². The lowest BCUT2D eigenvalue weighted by Gasteiger charge is -2.32. The molecule has 0 aromatic carbocycles. The van der Waals surface area contributed by atoms with E-state index in [4.69, 9.17) is 0 Å². The van der Waals surface area contributed by atoms with Crippen molar-refractivity contribution in [1.82, 2.24) is 9.80 Å². The van der Waals surface area contributed by atoms with Crippen LogP contribution in [0.3, 0.4) is 0 Å². The predicted molar refractivity (Wildman–Crippen MR) is 53.3 cm³/mol. The van der Waals surface area contributed by atoms with E-state index >= 15 is 0 Å². The van der Waals surface area contributed by atoms with E-state index in [1.54, 1.807) is 0 Å². The molecule has 1 heterocycles. The van der Waals surface area contributed by atoms with Crippen molar-refractivity contribution in [3.05, 3.63) is 0 Å². The quantitative estimate of drug-likeness (QED) is 0.657. The average Bonchev–Trinajstić information content (AvgIpc) is 2.47. The topological polar surface area (TPSA) is 23.6 Å². The predicted octanol–water partition coefficient (Wildman–Crippen LogP) is 1.30. The molecule has 0 radical (unpaired) electrons. The third-order valence-electron chi connectivity index (χ3n) is 2.61. The molecule has 3 heteroatoms. The number of nitrogens with zero attached hydrogens (tertiary/aromatic N) is 2. The molecule has 0 aromatic rings. The van der Waals surface area contributed by atoms with Crippen molar-refractivity contribution in [2.24, 2.45) is 0 Å². The first kappa shape index (κ1) is 10.5. The average molecular weight is 184 g/mol. The molecule has 1 fully saturated rings.